The van der Waals surface area contributed by atoms with Gasteiger partial charge in [-0.05, 0) is 80.0 Å². The quantitative estimate of drug-likeness (QED) is 0.552. The summed E-state index contributed by atoms with van der Waals surface area (Å²) < 4.78 is 12.3. The van der Waals surface area contributed by atoms with Crippen molar-refractivity contribution in [1.29, 1.82) is 0 Å². The molecule has 3 nitrogen and oxygen atoms in total. The Bertz CT molecular complexity index is 833. The lowest BCUT2D eigenvalue weighted by molar-refractivity contribution is -0.175. The Morgan fingerprint density at radius 2 is 1.86 bits per heavy atom. The molecule has 0 N–H and O–H groups in total. The molecule has 4 aliphatic rings. The van der Waals surface area contributed by atoms with E-state index in [0.717, 1.165) is 23.6 Å². The second-order valence-corrected chi connectivity index (χ2v) is 10.7. The van der Waals surface area contributed by atoms with E-state index >= 15 is 0 Å². The van der Waals surface area contributed by atoms with Crippen molar-refractivity contribution in [2.24, 2.45) is 34.5 Å². The molecule has 1 aromatic rings. The summed E-state index contributed by atoms with van der Waals surface area (Å²) in [5, 5.41) is 0.744. The van der Waals surface area contributed by atoms with Gasteiger partial charge in [0.25, 0.3) is 0 Å². The fourth-order valence-electron chi connectivity index (χ4n) is 7.36. The Hall–Kier alpha value is -1.48. The molecule has 3 aliphatic carbocycles. The maximum Gasteiger partial charge on any atom is 0.330 e. The average Bonchev–Trinajstić information content (AvgIpc) is 3.01. The van der Waals surface area contributed by atoms with E-state index in [1.165, 1.54) is 19.3 Å². The first kappa shape index (κ1) is 19.5. The first-order valence-electron chi connectivity index (χ1n) is 11.1. The lowest BCUT2D eigenvalue weighted by atomic mass is 9.47. The smallest absolute Gasteiger partial charge is 0.330 e. The monoisotopic (exact) mass is 414 g/mol. The maximum atomic E-state index is 11.9. The van der Waals surface area contributed by atoms with Crippen LogP contribution < -0.4 is 4.74 Å². The molecule has 0 spiro atoms. The molecule has 0 amide bonds. The second-order valence-electron chi connectivity index (χ2n) is 10.3. The minimum atomic E-state index is -0.170. The summed E-state index contributed by atoms with van der Waals surface area (Å²) in [6.45, 7) is 7.16. The van der Waals surface area contributed by atoms with E-state index in [1.807, 2.05) is 24.3 Å². The van der Waals surface area contributed by atoms with Crippen LogP contribution in [0.15, 0.2) is 36.4 Å². The van der Waals surface area contributed by atoms with Gasteiger partial charge in [-0.1, -0.05) is 38.4 Å². The van der Waals surface area contributed by atoms with Crippen molar-refractivity contribution in [3.05, 3.63) is 41.4 Å². The molecule has 4 heteroatoms. The zero-order valence-electron chi connectivity index (χ0n) is 17.6. The summed E-state index contributed by atoms with van der Waals surface area (Å²) in [5.74, 6) is 3.22. The van der Waals surface area contributed by atoms with Gasteiger partial charge < -0.3 is 9.47 Å². The van der Waals surface area contributed by atoms with E-state index in [9.17, 15) is 4.79 Å². The number of hydrogen-bond acceptors (Lipinski definition) is 3. The number of esters is 1. The van der Waals surface area contributed by atoms with Crippen LogP contribution in [0.2, 0.25) is 5.02 Å². The normalized spacial score (nSPS) is 45.7. The van der Waals surface area contributed by atoms with Gasteiger partial charge in [0.15, 0.2) is 0 Å². The van der Waals surface area contributed by atoms with E-state index < -0.39 is 0 Å². The fraction of sp³-hybridized carbons (Fsp3) is 0.640. The van der Waals surface area contributed by atoms with Crippen LogP contribution in [0.25, 0.3) is 0 Å². The summed E-state index contributed by atoms with van der Waals surface area (Å²) in [6.07, 6.45) is 9.80. The van der Waals surface area contributed by atoms with Gasteiger partial charge in [0.2, 0.25) is 0 Å². The van der Waals surface area contributed by atoms with Gasteiger partial charge >= 0.3 is 5.97 Å². The van der Waals surface area contributed by atoms with Crippen molar-refractivity contribution in [3.63, 3.8) is 0 Å². The molecular formula is C25H31ClO3. The van der Waals surface area contributed by atoms with E-state index in [2.05, 4.69) is 26.8 Å². The van der Waals surface area contributed by atoms with Crippen molar-refractivity contribution in [2.75, 3.05) is 0 Å². The highest BCUT2D eigenvalue weighted by Gasteiger charge is 2.62. The van der Waals surface area contributed by atoms with Gasteiger partial charge in [-0.3, -0.25) is 0 Å². The molecule has 1 heterocycles. The molecule has 0 saturated heterocycles. The van der Waals surface area contributed by atoms with Crippen LogP contribution in [-0.4, -0.2) is 18.2 Å². The van der Waals surface area contributed by atoms with E-state index in [1.54, 1.807) is 6.08 Å². The van der Waals surface area contributed by atoms with E-state index in [4.69, 9.17) is 21.1 Å². The topological polar surface area (TPSA) is 35.5 Å². The number of carbonyl (C=O) groups excluding carboxylic acids is 1. The van der Waals surface area contributed by atoms with Gasteiger partial charge in [-0.2, -0.15) is 0 Å². The van der Waals surface area contributed by atoms with Gasteiger partial charge in [0.1, 0.15) is 18.0 Å². The highest BCUT2D eigenvalue weighted by Crippen LogP contribution is 2.65. The van der Waals surface area contributed by atoms with Crippen LogP contribution in [-0.2, 0) is 9.53 Å². The summed E-state index contributed by atoms with van der Waals surface area (Å²) in [5.41, 5.74) is 0.175. The molecule has 0 unspecified atom stereocenters. The summed E-state index contributed by atoms with van der Waals surface area (Å²) in [7, 11) is 0. The zero-order valence-corrected chi connectivity index (χ0v) is 18.3. The molecule has 3 saturated carbocycles. The summed E-state index contributed by atoms with van der Waals surface area (Å²) in [4.78, 5) is 11.9. The fourth-order valence-corrected chi connectivity index (χ4v) is 7.48. The molecule has 156 valence electrons. The van der Waals surface area contributed by atoms with E-state index in [-0.39, 0.29) is 29.0 Å². The summed E-state index contributed by atoms with van der Waals surface area (Å²) >= 11 is 6.04. The van der Waals surface area contributed by atoms with Gasteiger partial charge in [-0.25, -0.2) is 4.79 Å². The molecule has 1 aliphatic heterocycles. The third-order valence-corrected chi connectivity index (χ3v) is 9.16. The predicted molar refractivity (Wildman–Crippen MR) is 114 cm³/mol. The Labute approximate surface area is 178 Å². The number of halogens is 1. The van der Waals surface area contributed by atoms with Crippen LogP contribution in [0.5, 0.6) is 5.75 Å². The predicted octanol–water partition coefficient (Wildman–Crippen LogP) is 6.06. The molecule has 5 rings (SSSR count). The van der Waals surface area contributed by atoms with Gasteiger partial charge in [0.05, 0.1) is 0 Å². The number of carbonyl (C=O) groups is 1. The lowest BCUT2D eigenvalue weighted by Crippen LogP contribution is -2.58. The van der Waals surface area contributed by atoms with Gasteiger partial charge in [0, 0.05) is 21.9 Å². The molecule has 0 radical (unpaired) electrons. The third-order valence-electron chi connectivity index (χ3n) is 8.91. The Morgan fingerprint density at radius 3 is 2.62 bits per heavy atom. The lowest BCUT2D eigenvalue weighted by Gasteiger charge is -2.60. The average molecular weight is 415 g/mol. The highest BCUT2D eigenvalue weighted by molar-refractivity contribution is 6.30. The van der Waals surface area contributed by atoms with Crippen LogP contribution in [0.3, 0.4) is 0 Å². The summed E-state index contributed by atoms with van der Waals surface area (Å²) in [6, 6.07) is 7.79. The van der Waals surface area contributed by atoms with Crippen molar-refractivity contribution < 1.29 is 14.3 Å². The first-order valence-corrected chi connectivity index (χ1v) is 11.5. The number of hydrogen-bond donors (Lipinski definition) is 0. The molecule has 8 atom stereocenters. The largest absolute Gasteiger partial charge is 0.490 e. The number of rotatable bonds is 2. The standard InChI is InChI=1S/C25H31ClO3/c1-15-14-21-25(3,13-11-22(27)29-21)19-10-12-24(2)18(23(15)19)8-9-20(24)28-17-6-4-16(26)5-7-17/h4-7,11,13,15,18-21,23H,8-10,12,14H2,1-3H3/t15-,18-,19-,20-,21+,23-,24-,25+/m0/s1. The molecule has 0 aromatic heterocycles. The molecule has 1 aromatic carbocycles. The minimum Gasteiger partial charge on any atom is -0.490 e. The SMILES string of the molecule is C[C@H]1C[C@H]2OC(=O)C=C[C@]2(C)[C@H]2CC[C@]3(C)[C@@H](Oc4ccc(Cl)cc4)CC[C@H]3[C@H]12. The number of ether oxygens (including phenoxy) is 2. The second kappa shape index (κ2) is 6.77. The zero-order chi connectivity index (χ0) is 20.4. The van der Waals surface area contributed by atoms with Crippen LogP contribution in [0.4, 0.5) is 0 Å². The van der Waals surface area contributed by atoms with Gasteiger partial charge in [-0.15, -0.1) is 0 Å². The molecule has 29 heavy (non-hydrogen) atoms. The van der Waals surface area contributed by atoms with Crippen molar-refractivity contribution in [3.8, 4) is 5.75 Å². The van der Waals surface area contributed by atoms with E-state index in [0.29, 0.717) is 23.7 Å². The Balaban J connectivity index is 1.42. The first-order chi connectivity index (χ1) is 13.8. The number of fused-ring (bicyclic) bond motifs is 5. The Kier molecular flexibility index (Phi) is 4.55. The molecule has 0 bridgehead atoms. The number of benzene rings is 1. The molecular weight excluding hydrogens is 384 g/mol. The highest BCUT2D eigenvalue weighted by atomic mass is 35.5. The maximum absolute atomic E-state index is 11.9. The van der Waals surface area contributed by atoms with Crippen molar-refractivity contribution >= 4 is 17.6 Å². The Morgan fingerprint density at radius 1 is 1.10 bits per heavy atom. The third kappa shape index (κ3) is 2.95. The molecule has 3 fully saturated rings. The van der Waals surface area contributed by atoms with Crippen molar-refractivity contribution in [2.45, 2.75) is 65.1 Å². The minimum absolute atomic E-state index is 0.0263. The van der Waals surface area contributed by atoms with Crippen LogP contribution >= 0.6 is 11.6 Å². The van der Waals surface area contributed by atoms with Crippen LogP contribution in [0, 0.1) is 34.5 Å². The van der Waals surface area contributed by atoms with Crippen molar-refractivity contribution in [1.82, 2.24) is 0 Å². The van der Waals surface area contributed by atoms with Crippen LogP contribution in [0.1, 0.15) is 52.9 Å².